The van der Waals surface area contributed by atoms with Gasteiger partial charge in [0.2, 0.25) is 0 Å². The van der Waals surface area contributed by atoms with E-state index in [1.807, 2.05) is 12.1 Å². The Hall–Kier alpha value is -2.68. The lowest BCUT2D eigenvalue weighted by molar-refractivity contribution is 0.225. The number of para-hydroxylation sites is 1. The van der Waals surface area contributed by atoms with E-state index >= 15 is 0 Å². The van der Waals surface area contributed by atoms with Gasteiger partial charge in [-0.3, -0.25) is 0 Å². The molecule has 3 heteroatoms. The van der Waals surface area contributed by atoms with Crippen LogP contribution in [0.2, 0.25) is 0 Å². The van der Waals surface area contributed by atoms with E-state index < -0.39 is 0 Å². The molecule has 1 unspecified atom stereocenters. The van der Waals surface area contributed by atoms with E-state index in [1.165, 1.54) is 21.9 Å². The van der Waals surface area contributed by atoms with Crippen molar-refractivity contribution in [3.8, 4) is 22.6 Å². The highest BCUT2D eigenvalue weighted by Gasteiger charge is 2.30. The van der Waals surface area contributed by atoms with Crippen LogP contribution in [0, 0.1) is 0 Å². The van der Waals surface area contributed by atoms with Gasteiger partial charge in [0, 0.05) is 27.6 Å². The van der Waals surface area contributed by atoms with E-state index in [0.717, 1.165) is 22.6 Å². The Labute approximate surface area is 142 Å². The lowest BCUT2D eigenvalue weighted by Crippen LogP contribution is -2.32. The fourth-order valence-electron chi connectivity index (χ4n) is 3.75. The third kappa shape index (κ3) is 1.84. The van der Waals surface area contributed by atoms with E-state index in [-0.39, 0.29) is 5.50 Å². The minimum Gasteiger partial charge on any atom is -0.492 e. The van der Waals surface area contributed by atoms with Gasteiger partial charge in [-0.2, -0.15) is 0 Å². The molecule has 2 aliphatic heterocycles. The predicted molar refractivity (Wildman–Crippen MR) is 100 cm³/mol. The fourth-order valence-corrected chi connectivity index (χ4v) is 3.75. The van der Waals surface area contributed by atoms with Crippen LogP contribution >= 0.6 is 0 Å². The summed E-state index contributed by atoms with van der Waals surface area (Å²) in [6.07, 6.45) is 4.33. The summed E-state index contributed by atoms with van der Waals surface area (Å²) in [5.41, 5.74) is 4.51. The second kappa shape index (κ2) is 4.67. The van der Waals surface area contributed by atoms with Crippen molar-refractivity contribution >= 4 is 24.7 Å². The first kappa shape index (κ1) is 13.7. The van der Waals surface area contributed by atoms with Crippen LogP contribution in [-0.2, 0) is 6.61 Å². The summed E-state index contributed by atoms with van der Waals surface area (Å²) >= 11 is 0. The maximum atomic E-state index is 6.34. The number of benzene rings is 3. The molecule has 3 aromatic carbocycles. The van der Waals surface area contributed by atoms with E-state index in [4.69, 9.17) is 9.47 Å². The topological polar surface area (TPSA) is 18.5 Å². The zero-order valence-corrected chi connectivity index (χ0v) is 13.8. The van der Waals surface area contributed by atoms with Crippen LogP contribution in [-0.4, -0.2) is 13.3 Å². The fraction of sp³-hybridized carbons (Fsp3) is 0.143. The number of rotatable bonds is 0. The van der Waals surface area contributed by atoms with Gasteiger partial charge in [0.05, 0.1) is 5.50 Å². The first-order chi connectivity index (χ1) is 11.6. The van der Waals surface area contributed by atoms with Gasteiger partial charge < -0.3 is 9.47 Å². The quantitative estimate of drug-likeness (QED) is 0.581. The molecular weight excluding hydrogens is 295 g/mol. The van der Waals surface area contributed by atoms with E-state index in [9.17, 15) is 0 Å². The van der Waals surface area contributed by atoms with Gasteiger partial charge in [0.15, 0.2) is 7.85 Å². The summed E-state index contributed by atoms with van der Waals surface area (Å²) in [7, 11) is 2.09. The summed E-state index contributed by atoms with van der Waals surface area (Å²) in [5, 5.41) is 2.40. The van der Waals surface area contributed by atoms with Crippen LogP contribution in [0.1, 0.15) is 18.1 Å². The second-order valence-electron chi connectivity index (χ2n) is 6.97. The largest absolute Gasteiger partial charge is 0.492 e. The molecule has 0 amide bonds. The summed E-state index contributed by atoms with van der Waals surface area (Å²) in [6.45, 7) is 2.67. The average Bonchev–Trinajstić information content (AvgIpc) is 2.60. The Balaban J connectivity index is 1.94. The molecule has 116 valence electrons. The van der Waals surface area contributed by atoms with Crippen molar-refractivity contribution in [1.29, 1.82) is 0 Å². The molecular formula is C21H17BO2. The lowest BCUT2D eigenvalue weighted by atomic mass is 9.79. The van der Waals surface area contributed by atoms with Crippen molar-refractivity contribution in [3.05, 3.63) is 65.7 Å². The standard InChI is InChI=1S/C21H17BO2/c1-21(22)11-10-15-17-12-23-18-9-5-4-8-16(18)19(17)13-6-2-3-7-14(13)20(15)24-21/h2-11H,12,22H2,1H3. The van der Waals surface area contributed by atoms with Crippen LogP contribution in [0.3, 0.4) is 0 Å². The van der Waals surface area contributed by atoms with Crippen LogP contribution in [0.5, 0.6) is 11.5 Å². The molecule has 2 nitrogen and oxygen atoms in total. The maximum absolute atomic E-state index is 6.34. The molecule has 0 saturated heterocycles. The molecule has 0 aliphatic carbocycles. The van der Waals surface area contributed by atoms with Crippen LogP contribution in [0.25, 0.3) is 28.0 Å². The van der Waals surface area contributed by atoms with Crippen molar-refractivity contribution in [2.45, 2.75) is 19.0 Å². The van der Waals surface area contributed by atoms with E-state index in [1.54, 1.807) is 0 Å². The summed E-state index contributed by atoms with van der Waals surface area (Å²) in [6, 6.07) is 16.8. The van der Waals surface area contributed by atoms with Gasteiger partial charge in [0.25, 0.3) is 0 Å². The Morgan fingerprint density at radius 2 is 1.75 bits per heavy atom. The molecule has 0 spiro atoms. The smallest absolute Gasteiger partial charge is 0.163 e. The normalized spacial score (nSPS) is 20.5. The number of ether oxygens (including phenoxy) is 2. The Kier molecular flexibility index (Phi) is 2.67. The molecule has 0 radical (unpaired) electrons. The first-order valence-corrected chi connectivity index (χ1v) is 8.32. The molecule has 1 atom stereocenters. The highest BCUT2D eigenvalue weighted by molar-refractivity contribution is 6.17. The van der Waals surface area contributed by atoms with Crippen molar-refractivity contribution in [1.82, 2.24) is 0 Å². The molecule has 2 heterocycles. The highest BCUT2D eigenvalue weighted by atomic mass is 16.5. The van der Waals surface area contributed by atoms with E-state index in [2.05, 4.69) is 63.3 Å². The third-order valence-corrected chi connectivity index (χ3v) is 4.86. The predicted octanol–water partition coefficient (Wildman–Crippen LogP) is 4.15. The van der Waals surface area contributed by atoms with Crippen molar-refractivity contribution < 1.29 is 9.47 Å². The van der Waals surface area contributed by atoms with Gasteiger partial charge in [-0.25, -0.2) is 0 Å². The summed E-state index contributed by atoms with van der Waals surface area (Å²) in [5.74, 6) is 1.93. The minimum absolute atomic E-state index is 0.294. The van der Waals surface area contributed by atoms with Gasteiger partial charge >= 0.3 is 0 Å². The first-order valence-electron chi connectivity index (χ1n) is 8.32. The van der Waals surface area contributed by atoms with Crippen LogP contribution < -0.4 is 9.47 Å². The molecule has 5 rings (SSSR count). The number of hydrogen-bond acceptors (Lipinski definition) is 2. The third-order valence-electron chi connectivity index (χ3n) is 4.86. The van der Waals surface area contributed by atoms with Crippen LogP contribution in [0.15, 0.2) is 54.6 Å². The Bertz CT molecular complexity index is 1020. The second-order valence-corrected chi connectivity index (χ2v) is 6.97. The highest BCUT2D eigenvalue weighted by Crippen LogP contribution is 2.49. The number of hydrogen-bond donors (Lipinski definition) is 0. The molecule has 2 aliphatic rings. The Morgan fingerprint density at radius 3 is 2.62 bits per heavy atom. The number of fused-ring (bicyclic) bond motifs is 8. The molecule has 0 bridgehead atoms. The van der Waals surface area contributed by atoms with Gasteiger partial charge in [-0.1, -0.05) is 48.5 Å². The van der Waals surface area contributed by atoms with Crippen molar-refractivity contribution in [3.63, 3.8) is 0 Å². The minimum atomic E-state index is -0.294. The van der Waals surface area contributed by atoms with Gasteiger partial charge in [-0.15, -0.1) is 0 Å². The Morgan fingerprint density at radius 1 is 1.00 bits per heavy atom. The summed E-state index contributed by atoms with van der Waals surface area (Å²) < 4.78 is 12.4. The molecule has 0 saturated carbocycles. The van der Waals surface area contributed by atoms with Crippen molar-refractivity contribution in [2.24, 2.45) is 0 Å². The zero-order chi connectivity index (χ0) is 16.3. The van der Waals surface area contributed by atoms with E-state index in [0.29, 0.717) is 6.61 Å². The SMILES string of the molecule is BC1(C)C=Cc2c3c(c4ccccc4c2O1)-c1ccccc1OC3. The molecule has 3 aromatic rings. The van der Waals surface area contributed by atoms with Gasteiger partial charge in [-0.05, 0) is 24.5 Å². The zero-order valence-electron chi connectivity index (χ0n) is 13.8. The van der Waals surface area contributed by atoms with Crippen LogP contribution in [0.4, 0.5) is 0 Å². The molecule has 0 fully saturated rings. The summed E-state index contributed by atoms with van der Waals surface area (Å²) in [4.78, 5) is 0. The van der Waals surface area contributed by atoms with Gasteiger partial charge in [0.1, 0.15) is 18.1 Å². The molecule has 24 heavy (non-hydrogen) atoms. The molecule has 0 aromatic heterocycles. The van der Waals surface area contributed by atoms with Crippen molar-refractivity contribution in [2.75, 3.05) is 0 Å². The average molecular weight is 312 g/mol. The lowest BCUT2D eigenvalue weighted by Gasteiger charge is -2.33. The molecule has 0 N–H and O–H groups in total. The maximum Gasteiger partial charge on any atom is 0.163 e. The monoisotopic (exact) mass is 312 g/mol.